The largest absolute Gasteiger partial charge is 0.508 e. The second-order valence-electron chi connectivity index (χ2n) is 12.6. The summed E-state index contributed by atoms with van der Waals surface area (Å²) in [5.41, 5.74) is 2.28. The molecule has 0 heterocycles. The molecule has 2 rings (SSSR count). The van der Waals surface area contributed by atoms with E-state index in [9.17, 15) is 24.3 Å². The van der Waals surface area contributed by atoms with Crippen molar-refractivity contribution in [3.8, 4) is 5.75 Å². The molecule has 3 N–H and O–H groups in total. The number of hydrogen-bond donors (Lipinski definition) is 3. The lowest BCUT2D eigenvalue weighted by Gasteiger charge is -2.36. The van der Waals surface area contributed by atoms with E-state index in [-0.39, 0.29) is 38.3 Å². The van der Waals surface area contributed by atoms with Crippen molar-refractivity contribution in [1.29, 1.82) is 0 Å². The molecule has 2 atom stereocenters. The average Bonchev–Trinajstić information content (AvgIpc) is 2.97. The first kappa shape index (κ1) is 38.1. The van der Waals surface area contributed by atoms with Gasteiger partial charge >= 0.3 is 12.1 Å². The molecule has 0 fully saturated rings. The van der Waals surface area contributed by atoms with Crippen molar-refractivity contribution in [2.75, 3.05) is 19.7 Å². The van der Waals surface area contributed by atoms with Gasteiger partial charge in [-0.05, 0) is 82.3 Å². The number of hydrogen-bond acceptors (Lipinski definition) is 7. The Morgan fingerprint density at radius 3 is 2.13 bits per heavy atom. The van der Waals surface area contributed by atoms with Crippen molar-refractivity contribution in [3.05, 3.63) is 64.7 Å². The number of carbonyl (C=O) groups is 4. The standard InChI is InChI=1S/C36H53N3O7/c1-8-10-11-12-13-23-39(32(31-25(3)15-14-16-26(31)4)33(42)37-22-21-30(41)45-9-2)34(43)29(38-35(44)46-36(5,6)7)24-27-17-19-28(40)20-18-27/h14-20,29,32,40H,8-13,21-24H2,1-7H3,(H,37,42)(H,38,44). The normalized spacial score (nSPS) is 12.5. The topological polar surface area (TPSA) is 134 Å². The van der Waals surface area contributed by atoms with Crippen molar-refractivity contribution < 1.29 is 33.8 Å². The van der Waals surface area contributed by atoms with Gasteiger partial charge in [0.05, 0.1) is 13.0 Å². The summed E-state index contributed by atoms with van der Waals surface area (Å²) >= 11 is 0. The SMILES string of the molecule is CCCCCCCN(C(=O)C(Cc1ccc(O)cc1)NC(=O)OC(C)(C)C)C(C(=O)NCCC(=O)OCC)c1c(C)cccc1C. The highest BCUT2D eigenvalue weighted by atomic mass is 16.6. The second-order valence-corrected chi connectivity index (χ2v) is 12.6. The summed E-state index contributed by atoms with van der Waals surface area (Å²) in [5, 5.41) is 15.5. The van der Waals surface area contributed by atoms with Crippen molar-refractivity contribution in [3.63, 3.8) is 0 Å². The molecule has 46 heavy (non-hydrogen) atoms. The molecule has 2 aromatic carbocycles. The lowest BCUT2D eigenvalue weighted by Crippen LogP contribution is -2.54. The highest BCUT2D eigenvalue weighted by molar-refractivity contribution is 5.93. The van der Waals surface area contributed by atoms with Crippen LogP contribution in [0, 0.1) is 13.8 Å². The Bertz CT molecular complexity index is 1270. The first-order valence-corrected chi connectivity index (χ1v) is 16.3. The van der Waals surface area contributed by atoms with Crippen LogP contribution in [0.1, 0.15) is 101 Å². The fraction of sp³-hybridized carbons (Fsp3) is 0.556. The Kier molecular flexibility index (Phi) is 15.6. The molecule has 0 aliphatic carbocycles. The Morgan fingerprint density at radius 1 is 0.913 bits per heavy atom. The van der Waals surface area contributed by atoms with E-state index in [1.165, 1.54) is 12.1 Å². The number of alkyl carbamates (subject to hydrolysis) is 1. The van der Waals surface area contributed by atoms with Crippen LogP contribution in [0.4, 0.5) is 4.79 Å². The zero-order valence-corrected chi connectivity index (χ0v) is 28.6. The molecule has 2 aromatic rings. The molecule has 0 aromatic heterocycles. The smallest absolute Gasteiger partial charge is 0.408 e. The fourth-order valence-corrected chi connectivity index (χ4v) is 5.27. The van der Waals surface area contributed by atoms with Gasteiger partial charge in [0.2, 0.25) is 11.8 Å². The molecule has 0 aliphatic heterocycles. The van der Waals surface area contributed by atoms with E-state index in [4.69, 9.17) is 9.47 Å². The summed E-state index contributed by atoms with van der Waals surface area (Å²) in [6.07, 6.45) is 3.98. The zero-order valence-electron chi connectivity index (χ0n) is 28.6. The van der Waals surface area contributed by atoms with Gasteiger partial charge in [-0.2, -0.15) is 0 Å². The van der Waals surface area contributed by atoms with E-state index < -0.39 is 41.6 Å². The van der Waals surface area contributed by atoms with Crippen LogP contribution in [-0.4, -0.2) is 65.2 Å². The predicted octanol–water partition coefficient (Wildman–Crippen LogP) is 6.05. The molecule has 0 saturated heterocycles. The van der Waals surface area contributed by atoms with Crippen LogP contribution < -0.4 is 10.6 Å². The van der Waals surface area contributed by atoms with Gasteiger partial charge in [0.15, 0.2) is 0 Å². The molecule has 10 heteroatoms. The third-order valence-corrected chi connectivity index (χ3v) is 7.46. The minimum absolute atomic E-state index is 0.00625. The Balaban J connectivity index is 2.59. The molecule has 0 aliphatic rings. The predicted molar refractivity (Wildman–Crippen MR) is 178 cm³/mol. The minimum Gasteiger partial charge on any atom is -0.508 e. The molecule has 10 nitrogen and oxygen atoms in total. The number of carbonyl (C=O) groups excluding carboxylic acids is 4. The maximum absolute atomic E-state index is 14.7. The highest BCUT2D eigenvalue weighted by Crippen LogP contribution is 2.30. The highest BCUT2D eigenvalue weighted by Gasteiger charge is 2.37. The lowest BCUT2D eigenvalue weighted by atomic mass is 9.93. The molecule has 0 bridgehead atoms. The quantitative estimate of drug-likeness (QED) is 0.142. The molecular weight excluding hydrogens is 586 g/mol. The van der Waals surface area contributed by atoms with E-state index in [0.717, 1.165) is 36.8 Å². The van der Waals surface area contributed by atoms with Crippen LogP contribution in [0.15, 0.2) is 42.5 Å². The number of ether oxygens (including phenoxy) is 2. The number of unbranched alkanes of at least 4 members (excludes halogenated alkanes) is 4. The number of esters is 1. The van der Waals surface area contributed by atoms with E-state index in [1.54, 1.807) is 44.7 Å². The van der Waals surface area contributed by atoms with Crippen LogP contribution in [0.5, 0.6) is 5.75 Å². The van der Waals surface area contributed by atoms with Gasteiger partial charge < -0.3 is 30.1 Å². The number of nitrogens with zero attached hydrogens (tertiary/aromatic N) is 1. The zero-order chi connectivity index (χ0) is 34.3. The van der Waals surface area contributed by atoms with Crippen LogP contribution >= 0.6 is 0 Å². The van der Waals surface area contributed by atoms with Crippen LogP contribution in [0.25, 0.3) is 0 Å². The van der Waals surface area contributed by atoms with Crippen molar-refractivity contribution in [1.82, 2.24) is 15.5 Å². The monoisotopic (exact) mass is 639 g/mol. The summed E-state index contributed by atoms with van der Waals surface area (Å²) in [6.45, 7) is 13.4. The number of amides is 3. The number of rotatable bonds is 17. The second kappa shape index (κ2) is 18.8. The number of phenolic OH excluding ortho intramolecular Hbond substituents is 1. The number of phenols is 1. The average molecular weight is 640 g/mol. The van der Waals surface area contributed by atoms with Gasteiger partial charge in [0, 0.05) is 19.5 Å². The van der Waals surface area contributed by atoms with Crippen LogP contribution in [-0.2, 0) is 30.3 Å². The van der Waals surface area contributed by atoms with Crippen LogP contribution in [0.3, 0.4) is 0 Å². The van der Waals surface area contributed by atoms with Gasteiger partial charge in [-0.15, -0.1) is 0 Å². The van der Waals surface area contributed by atoms with Gasteiger partial charge in [0.25, 0.3) is 0 Å². The first-order chi connectivity index (χ1) is 21.8. The Labute approximate surface area is 274 Å². The third-order valence-electron chi connectivity index (χ3n) is 7.46. The summed E-state index contributed by atoms with van der Waals surface area (Å²) in [4.78, 5) is 55.4. The van der Waals surface area contributed by atoms with E-state index in [0.29, 0.717) is 17.5 Å². The molecule has 254 valence electrons. The number of nitrogens with one attached hydrogen (secondary N) is 2. The van der Waals surface area contributed by atoms with Gasteiger partial charge in [0.1, 0.15) is 23.4 Å². The maximum Gasteiger partial charge on any atom is 0.408 e. The van der Waals surface area contributed by atoms with Crippen molar-refractivity contribution >= 4 is 23.9 Å². The lowest BCUT2D eigenvalue weighted by molar-refractivity contribution is -0.144. The van der Waals surface area contributed by atoms with E-state index in [1.807, 2.05) is 32.0 Å². The van der Waals surface area contributed by atoms with Crippen molar-refractivity contribution in [2.24, 2.45) is 0 Å². The molecule has 2 unspecified atom stereocenters. The molecule has 0 spiro atoms. The summed E-state index contributed by atoms with van der Waals surface area (Å²) in [6, 6.07) is 10.0. The molecule has 0 saturated carbocycles. The Morgan fingerprint density at radius 2 is 1.54 bits per heavy atom. The summed E-state index contributed by atoms with van der Waals surface area (Å²) in [7, 11) is 0. The number of benzene rings is 2. The van der Waals surface area contributed by atoms with Crippen molar-refractivity contribution in [2.45, 2.75) is 111 Å². The third kappa shape index (κ3) is 12.7. The van der Waals surface area contributed by atoms with Gasteiger partial charge in [-0.25, -0.2) is 4.79 Å². The van der Waals surface area contributed by atoms with E-state index >= 15 is 0 Å². The van der Waals surface area contributed by atoms with E-state index in [2.05, 4.69) is 17.6 Å². The summed E-state index contributed by atoms with van der Waals surface area (Å²) in [5.74, 6) is -1.22. The molecule has 3 amide bonds. The first-order valence-electron chi connectivity index (χ1n) is 16.3. The molecule has 0 radical (unpaired) electrons. The molecular formula is C36H53N3O7. The van der Waals surface area contributed by atoms with Crippen LogP contribution in [0.2, 0.25) is 0 Å². The van der Waals surface area contributed by atoms with Gasteiger partial charge in [-0.3, -0.25) is 14.4 Å². The fourth-order valence-electron chi connectivity index (χ4n) is 5.27. The number of aryl methyl sites for hydroxylation is 2. The summed E-state index contributed by atoms with van der Waals surface area (Å²) < 4.78 is 10.5. The maximum atomic E-state index is 14.7. The Hall–Kier alpha value is -4.08. The minimum atomic E-state index is -1.07. The number of aromatic hydroxyl groups is 1. The van der Waals surface area contributed by atoms with Gasteiger partial charge in [-0.1, -0.05) is 62.9 Å².